The van der Waals surface area contributed by atoms with Gasteiger partial charge in [0.2, 0.25) is 11.0 Å². The number of hydrogen-bond acceptors (Lipinski definition) is 3. The van der Waals surface area contributed by atoms with Gasteiger partial charge in [-0.2, -0.15) is 0 Å². The summed E-state index contributed by atoms with van der Waals surface area (Å²) in [5, 5.41) is 22.2. The highest BCUT2D eigenvalue weighted by atomic mass is 32.1. The number of thiocarbonyl (C=S) groups is 1. The minimum atomic E-state index is -0.328. The smallest absolute Gasteiger partial charge is 0.220 e. The second-order valence-electron chi connectivity index (χ2n) is 5.07. The molecule has 0 atom stereocenters. The lowest BCUT2D eigenvalue weighted by Gasteiger charge is -2.02. The first kappa shape index (κ1) is 16.1. The molecule has 5 nitrogen and oxygen atoms in total. The number of aromatic nitrogens is 1. The molecule has 1 heterocycles. The third-order valence-corrected chi connectivity index (χ3v) is 3.75. The van der Waals surface area contributed by atoms with Gasteiger partial charge in [-0.15, -0.1) is 10.2 Å². The molecule has 7 heteroatoms. The molecule has 3 aromatic rings. The van der Waals surface area contributed by atoms with Gasteiger partial charge in [0.05, 0.1) is 5.52 Å². The van der Waals surface area contributed by atoms with E-state index in [1.165, 1.54) is 12.1 Å². The van der Waals surface area contributed by atoms with E-state index in [1.807, 2.05) is 31.2 Å². The van der Waals surface area contributed by atoms with Crippen LogP contribution in [0.15, 0.2) is 58.8 Å². The molecular formula is C17H15FN4OS. The fourth-order valence-electron chi connectivity index (χ4n) is 2.47. The SMILES string of the molecule is CCn1c(O)c(N=NC(=S)Nc2ccc(F)cc2)c2ccccc21. The van der Waals surface area contributed by atoms with Crippen molar-refractivity contribution in [3.8, 4) is 5.88 Å². The topological polar surface area (TPSA) is 61.9 Å². The Bertz CT molecular complexity index is 918. The molecule has 0 bridgehead atoms. The molecule has 0 aliphatic heterocycles. The van der Waals surface area contributed by atoms with Crippen molar-refractivity contribution in [3.63, 3.8) is 0 Å². The Morgan fingerprint density at radius 2 is 1.92 bits per heavy atom. The van der Waals surface area contributed by atoms with Gasteiger partial charge in [-0.05, 0) is 49.5 Å². The number of para-hydroxylation sites is 1. The normalized spacial score (nSPS) is 11.2. The Balaban J connectivity index is 1.86. The number of rotatable bonds is 3. The van der Waals surface area contributed by atoms with E-state index < -0.39 is 0 Å². The number of nitrogens with one attached hydrogen (secondary N) is 1. The molecule has 0 aliphatic rings. The molecule has 1 aromatic heterocycles. The van der Waals surface area contributed by atoms with Crippen LogP contribution in [0.1, 0.15) is 6.92 Å². The minimum absolute atomic E-state index is 0.0482. The summed E-state index contributed by atoms with van der Waals surface area (Å²) in [5.41, 5.74) is 1.86. The first-order valence-corrected chi connectivity index (χ1v) is 7.79. The van der Waals surface area contributed by atoms with E-state index in [0.717, 1.165) is 10.9 Å². The van der Waals surface area contributed by atoms with Gasteiger partial charge in [-0.25, -0.2) is 4.39 Å². The second-order valence-corrected chi connectivity index (χ2v) is 5.46. The molecule has 2 aromatic carbocycles. The van der Waals surface area contributed by atoms with Gasteiger partial charge in [-0.1, -0.05) is 18.2 Å². The molecule has 3 rings (SSSR count). The zero-order valence-electron chi connectivity index (χ0n) is 12.9. The Morgan fingerprint density at radius 3 is 2.62 bits per heavy atom. The van der Waals surface area contributed by atoms with E-state index in [2.05, 4.69) is 15.5 Å². The Kier molecular flexibility index (Phi) is 4.52. The number of hydrogen-bond donors (Lipinski definition) is 2. The van der Waals surface area contributed by atoms with Crippen LogP contribution in [-0.4, -0.2) is 14.8 Å². The van der Waals surface area contributed by atoms with E-state index in [1.54, 1.807) is 16.7 Å². The molecule has 122 valence electrons. The number of benzene rings is 2. The summed E-state index contributed by atoms with van der Waals surface area (Å²) >= 11 is 5.12. The Hall–Kier alpha value is -2.80. The summed E-state index contributed by atoms with van der Waals surface area (Å²) in [4.78, 5) is 0. The highest BCUT2D eigenvalue weighted by Crippen LogP contribution is 2.38. The van der Waals surface area contributed by atoms with Crippen LogP contribution in [-0.2, 0) is 6.54 Å². The van der Waals surface area contributed by atoms with Crippen molar-refractivity contribution >= 4 is 39.6 Å². The third-order valence-electron chi connectivity index (χ3n) is 3.57. The molecule has 0 saturated carbocycles. The van der Waals surface area contributed by atoms with E-state index in [-0.39, 0.29) is 16.8 Å². The van der Waals surface area contributed by atoms with Crippen molar-refractivity contribution in [2.75, 3.05) is 5.32 Å². The van der Waals surface area contributed by atoms with Gasteiger partial charge in [0.15, 0.2) is 5.69 Å². The van der Waals surface area contributed by atoms with Crippen molar-refractivity contribution in [1.29, 1.82) is 0 Å². The molecule has 0 radical (unpaired) electrons. The minimum Gasteiger partial charge on any atom is -0.493 e. The van der Waals surface area contributed by atoms with Crippen molar-refractivity contribution in [1.82, 2.24) is 4.57 Å². The number of aromatic hydroxyl groups is 1. The van der Waals surface area contributed by atoms with Gasteiger partial charge >= 0.3 is 0 Å². The number of halogens is 1. The molecule has 2 N–H and O–H groups in total. The van der Waals surface area contributed by atoms with Crippen LogP contribution >= 0.6 is 12.2 Å². The second kappa shape index (κ2) is 6.76. The van der Waals surface area contributed by atoms with Crippen molar-refractivity contribution in [2.24, 2.45) is 10.2 Å². The summed E-state index contributed by atoms with van der Waals surface area (Å²) in [7, 11) is 0. The molecule has 0 fully saturated rings. The first-order valence-electron chi connectivity index (χ1n) is 7.38. The molecular weight excluding hydrogens is 327 g/mol. The Labute approximate surface area is 143 Å². The highest BCUT2D eigenvalue weighted by molar-refractivity contribution is 7.80. The van der Waals surface area contributed by atoms with Gasteiger partial charge in [-0.3, -0.25) is 0 Å². The van der Waals surface area contributed by atoms with Crippen molar-refractivity contribution in [2.45, 2.75) is 13.5 Å². The maximum atomic E-state index is 12.9. The van der Waals surface area contributed by atoms with Gasteiger partial charge < -0.3 is 15.0 Å². The Morgan fingerprint density at radius 1 is 1.21 bits per heavy atom. The predicted molar refractivity (Wildman–Crippen MR) is 96.4 cm³/mol. The van der Waals surface area contributed by atoms with E-state index in [9.17, 15) is 9.50 Å². The summed E-state index contributed by atoms with van der Waals surface area (Å²) < 4.78 is 14.6. The maximum Gasteiger partial charge on any atom is 0.220 e. The number of aryl methyl sites for hydroxylation is 1. The van der Waals surface area contributed by atoms with Crippen LogP contribution < -0.4 is 5.32 Å². The zero-order chi connectivity index (χ0) is 17.1. The molecule has 24 heavy (non-hydrogen) atoms. The molecule has 0 amide bonds. The zero-order valence-corrected chi connectivity index (χ0v) is 13.7. The van der Waals surface area contributed by atoms with E-state index in [0.29, 0.717) is 17.9 Å². The van der Waals surface area contributed by atoms with Gasteiger partial charge in [0.25, 0.3) is 0 Å². The first-order chi connectivity index (χ1) is 11.6. The predicted octanol–water partition coefficient (Wildman–Crippen LogP) is 4.99. The molecule has 0 saturated heterocycles. The average molecular weight is 342 g/mol. The van der Waals surface area contributed by atoms with Crippen LogP contribution in [0.25, 0.3) is 10.9 Å². The molecule has 0 spiro atoms. The summed E-state index contributed by atoms with van der Waals surface area (Å²) in [6.07, 6.45) is 0. The van der Waals surface area contributed by atoms with Crippen LogP contribution in [0.4, 0.5) is 15.8 Å². The van der Waals surface area contributed by atoms with Crippen LogP contribution in [0.2, 0.25) is 0 Å². The van der Waals surface area contributed by atoms with Crippen molar-refractivity contribution in [3.05, 3.63) is 54.3 Å². The van der Waals surface area contributed by atoms with Crippen molar-refractivity contribution < 1.29 is 9.50 Å². The fourth-order valence-corrected chi connectivity index (χ4v) is 2.63. The average Bonchev–Trinajstić information content (AvgIpc) is 2.86. The van der Waals surface area contributed by atoms with E-state index in [4.69, 9.17) is 12.2 Å². The highest BCUT2D eigenvalue weighted by Gasteiger charge is 2.15. The van der Waals surface area contributed by atoms with Gasteiger partial charge in [0, 0.05) is 17.6 Å². The third kappa shape index (κ3) is 3.11. The van der Waals surface area contributed by atoms with Crippen LogP contribution in [0.5, 0.6) is 5.88 Å². The summed E-state index contributed by atoms with van der Waals surface area (Å²) in [6, 6.07) is 13.3. The standard InChI is InChI=1S/C17H15FN4OS/c1-2-22-14-6-4-3-5-13(14)15(16(22)23)20-21-17(24)19-12-9-7-11(18)8-10-12/h3-10,23H,2H2,1H3,(H,19,24). The largest absolute Gasteiger partial charge is 0.493 e. The monoisotopic (exact) mass is 342 g/mol. The van der Waals surface area contributed by atoms with Crippen LogP contribution in [0.3, 0.4) is 0 Å². The molecule has 0 unspecified atom stereocenters. The number of anilines is 1. The quantitative estimate of drug-likeness (QED) is 0.521. The maximum absolute atomic E-state index is 12.9. The summed E-state index contributed by atoms with van der Waals surface area (Å²) in [5.74, 6) is -0.280. The number of azo groups is 1. The lowest BCUT2D eigenvalue weighted by atomic mass is 10.2. The van der Waals surface area contributed by atoms with Crippen LogP contribution in [0, 0.1) is 5.82 Å². The lowest BCUT2D eigenvalue weighted by molar-refractivity contribution is 0.427. The van der Waals surface area contributed by atoms with E-state index >= 15 is 0 Å². The lowest BCUT2D eigenvalue weighted by Crippen LogP contribution is -2.04. The number of nitrogens with zero attached hydrogens (tertiary/aromatic N) is 3. The summed E-state index contributed by atoms with van der Waals surface area (Å²) in [6.45, 7) is 2.55. The van der Waals surface area contributed by atoms with Gasteiger partial charge in [0.1, 0.15) is 5.82 Å². The molecule has 0 aliphatic carbocycles. The number of fused-ring (bicyclic) bond motifs is 1. The fraction of sp³-hybridized carbons (Fsp3) is 0.118.